The first kappa shape index (κ1) is 14.4. The highest BCUT2D eigenvalue weighted by atomic mass is 35.5. The van der Waals surface area contributed by atoms with Gasteiger partial charge in [0, 0.05) is 11.6 Å². The monoisotopic (exact) mass is 279 g/mol. The summed E-state index contributed by atoms with van der Waals surface area (Å²) >= 11 is 12.0. The number of rotatable bonds is 5. The number of phenolic OH excluding ortho intramolecular Hbond substituents is 1. The maximum atomic E-state index is 9.82. The molecule has 0 saturated heterocycles. The Kier molecular flexibility index (Phi) is 5.33. The van der Waals surface area contributed by atoms with Gasteiger partial charge in [0.05, 0.1) is 23.4 Å². The second-order valence-electron chi connectivity index (χ2n) is 3.62. The van der Waals surface area contributed by atoms with Crippen LogP contribution in [0.25, 0.3) is 0 Å². The maximum absolute atomic E-state index is 9.82. The molecule has 17 heavy (non-hydrogen) atoms. The van der Waals surface area contributed by atoms with Crippen molar-refractivity contribution in [1.29, 1.82) is 0 Å². The fraction of sp³-hybridized carbons (Fsp3) is 0.455. The third-order valence-electron chi connectivity index (χ3n) is 2.38. The van der Waals surface area contributed by atoms with Crippen molar-refractivity contribution in [2.75, 3.05) is 18.5 Å². The van der Waals surface area contributed by atoms with E-state index < -0.39 is 6.10 Å². The van der Waals surface area contributed by atoms with Gasteiger partial charge >= 0.3 is 0 Å². The van der Waals surface area contributed by atoms with Crippen LogP contribution in [0.15, 0.2) is 6.07 Å². The predicted octanol–water partition coefficient (Wildman–Crippen LogP) is 2.03. The first-order chi connectivity index (χ1) is 8.01. The van der Waals surface area contributed by atoms with Crippen LogP contribution < -0.4 is 5.32 Å². The Balaban J connectivity index is 2.94. The number of halogens is 2. The van der Waals surface area contributed by atoms with E-state index in [9.17, 15) is 10.2 Å². The lowest BCUT2D eigenvalue weighted by Crippen LogP contribution is -2.23. The number of aliphatic hydroxyl groups is 2. The Morgan fingerprint density at radius 1 is 1.41 bits per heavy atom. The van der Waals surface area contributed by atoms with Crippen LogP contribution in [0.5, 0.6) is 5.75 Å². The molecule has 6 heteroatoms. The average molecular weight is 280 g/mol. The van der Waals surface area contributed by atoms with Crippen LogP contribution in [-0.4, -0.2) is 34.6 Å². The summed E-state index contributed by atoms with van der Waals surface area (Å²) in [5.41, 5.74) is 1.02. The summed E-state index contributed by atoms with van der Waals surface area (Å²) in [5, 5.41) is 31.1. The van der Waals surface area contributed by atoms with Crippen LogP contribution in [0.2, 0.25) is 10.0 Å². The van der Waals surface area contributed by atoms with Gasteiger partial charge in [0.1, 0.15) is 0 Å². The van der Waals surface area contributed by atoms with Crippen molar-refractivity contribution in [1.82, 2.24) is 0 Å². The van der Waals surface area contributed by atoms with E-state index >= 15 is 0 Å². The molecule has 0 spiro atoms. The van der Waals surface area contributed by atoms with Gasteiger partial charge in [-0.15, -0.1) is 0 Å². The minimum absolute atomic E-state index is 0.0990. The fourth-order valence-corrected chi connectivity index (χ4v) is 2.12. The second kappa shape index (κ2) is 6.31. The van der Waals surface area contributed by atoms with Gasteiger partial charge in [-0.3, -0.25) is 0 Å². The first-order valence-corrected chi connectivity index (χ1v) is 5.99. The van der Waals surface area contributed by atoms with Crippen LogP contribution >= 0.6 is 23.2 Å². The summed E-state index contributed by atoms with van der Waals surface area (Å²) in [4.78, 5) is 0. The number of aliphatic hydroxyl groups excluding tert-OH is 2. The van der Waals surface area contributed by atoms with Crippen LogP contribution in [0, 0.1) is 0 Å². The van der Waals surface area contributed by atoms with Gasteiger partial charge in [-0.1, -0.05) is 30.1 Å². The maximum Gasteiger partial charge on any atom is 0.157 e. The molecule has 1 aromatic rings. The van der Waals surface area contributed by atoms with Gasteiger partial charge in [-0.2, -0.15) is 0 Å². The summed E-state index contributed by atoms with van der Waals surface area (Å²) in [6.07, 6.45) is -0.289. The highest BCUT2D eigenvalue weighted by molar-refractivity contribution is 6.37. The smallest absolute Gasteiger partial charge is 0.157 e. The number of aromatic hydroxyl groups is 1. The molecular formula is C11H15Cl2NO3. The lowest BCUT2D eigenvalue weighted by Gasteiger charge is -2.15. The Hall–Kier alpha value is -0.680. The molecule has 4 nitrogen and oxygen atoms in total. The molecule has 0 aliphatic rings. The molecule has 1 atom stereocenters. The topological polar surface area (TPSA) is 72.7 Å². The highest BCUT2D eigenvalue weighted by Crippen LogP contribution is 2.39. The van der Waals surface area contributed by atoms with Gasteiger partial charge < -0.3 is 20.6 Å². The fourth-order valence-electron chi connectivity index (χ4n) is 1.40. The molecule has 1 rings (SSSR count). The molecule has 0 aromatic heterocycles. The van der Waals surface area contributed by atoms with Gasteiger partial charge in [0.15, 0.2) is 5.75 Å². The van der Waals surface area contributed by atoms with E-state index in [2.05, 4.69) is 5.32 Å². The summed E-state index contributed by atoms with van der Waals surface area (Å²) < 4.78 is 0. The number of anilines is 1. The van der Waals surface area contributed by atoms with Crippen LogP contribution in [0.3, 0.4) is 0 Å². The number of hydrogen-bond acceptors (Lipinski definition) is 4. The molecule has 0 bridgehead atoms. The zero-order valence-electron chi connectivity index (χ0n) is 9.37. The van der Waals surface area contributed by atoms with Crippen molar-refractivity contribution in [2.24, 2.45) is 0 Å². The number of hydrogen-bond donors (Lipinski definition) is 4. The van der Waals surface area contributed by atoms with E-state index in [1.807, 2.05) is 6.92 Å². The van der Waals surface area contributed by atoms with Crippen molar-refractivity contribution in [3.05, 3.63) is 21.7 Å². The Morgan fingerprint density at radius 2 is 2.06 bits per heavy atom. The SMILES string of the molecule is CCc1c(Cl)cc(NCC(O)CO)c(O)c1Cl. The van der Waals surface area contributed by atoms with Crippen molar-refractivity contribution in [3.63, 3.8) is 0 Å². The molecule has 0 amide bonds. The van der Waals surface area contributed by atoms with E-state index in [-0.39, 0.29) is 23.9 Å². The van der Waals surface area contributed by atoms with Crippen LogP contribution in [0.4, 0.5) is 5.69 Å². The molecule has 4 N–H and O–H groups in total. The number of nitrogens with one attached hydrogen (secondary N) is 1. The van der Waals surface area contributed by atoms with E-state index in [1.54, 1.807) is 6.07 Å². The number of phenols is 1. The largest absolute Gasteiger partial charge is 0.504 e. The van der Waals surface area contributed by atoms with Crippen LogP contribution in [0.1, 0.15) is 12.5 Å². The van der Waals surface area contributed by atoms with Crippen molar-refractivity contribution < 1.29 is 15.3 Å². The molecular weight excluding hydrogens is 265 g/mol. The first-order valence-electron chi connectivity index (χ1n) is 5.23. The molecule has 0 aliphatic heterocycles. The lowest BCUT2D eigenvalue weighted by atomic mass is 10.1. The minimum Gasteiger partial charge on any atom is -0.504 e. The predicted molar refractivity (Wildman–Crippen MR) is 69.1 cm³/mol. The van der Waals surface area contributed by atoms with Crippen LogP contribution in [-0.2, 0) is 6.42 Å². The molecule has 0 radical (unpaired) electrons. The molecule has 0 saturated carbocycles. The molecule has 0 aliphatic carbocycles. The molecule has 0 heterocycles. The van der Waals surface area contributed by atoms with Crippen molar-refractivity contribution in [2.45, 2.75) is 19.4 Å². The highest BCUT2D eigenvalue weighted by Gasteiger charge is 2.14. The summed E-state index contributed by atoms with van der Waals surface area (Å²) in [6.45, 7) is 1.62. The number of benzene rings is 1. The van der Waals surface area contributed by atoms with Gasteiger partial charge in [-0.25, -0.2) is 0 Å². The van der Waals surface area contributed by atoms with Gasteiger partial charge in [-0.05, 0) is 18.1 Å². The third-order valence-corrected chi connectivity index (χ3v) is 3.12. The normalized spacial score (nSPS) is 12.5. The minimum atomic E-state index is -0.905. The standard InChI is InChI=1S/C11H15Cl2NO3/c1-2-7-8(12)3-9(11(17)10(7)13)14-4-6(16)5-15/h3,6,14-17H,2,4-5H2,1H3. The van der Waals surface area contributed by atoms with Gasteiger partial charge in [0.2, 0.25) is 0 Å². The quantitative estimate of drug-likeness (QED) is 0.623. The van der Waals surface area contributed by atoms with Crippen molar-refractivity contribution >= 4 is 28.9 Å². The van der Waals surface area contributed by atoms with E-state index in [4.69, 9.17) is 28.3 Å². The Labute approximate surface area is 110 Å². The summed E-state index contributed by atoms with van der Waals surface area (Å²) in [7, 11) is 0. The molecule has 1 aromatic carbocycles. The zero-order chi connectivity index (χ0) is 13.0. The summed E-state index contributed by atoms with van der Waals surface area (Å²) in [6, 6.07) is 1.55. The lowest BCUT2D eigenvalue weighted by molar-refractivity contribution is 0.105. The third kappa shape index (κ3) is 3.39. The Morgan fingerprint density at radius 3 is 2.59 bits per heavy atom. The van der Waals surface area contributed by atoms with E-state index in [0.29, 0.717) is 22.7 Å². The summed E-state index contributed by atoms with van der Waals surface area (Å²) in [5.74, 6) is -0.0990. The average Bonchev–Trinajstić information content (AvgIpc) is 2.32. The zero-order valence-corrected chi connectivity index (χ0v) is 10.9. The molecule has 0 fully saturated rings. The molecule has 1 unspecified atom stereocenters. The van der Waals surface area contributed by atoms with Crippen molar-refractivity contribution in [3.8, 4) is 5.75 Å². The van der Waals surface area contributed by atoms with E-state index in [0.717, 1.165) is 0 Å². The Bertz CT molecular complexity index is 399. The van der Waals surface area contributed by atoms with Gasteiger partial charge in [0.25, 0.3) is 0 Å². The van der Waals surface area contributed by atoms with E-state index in [1.165, 1.54) is 0 Å². The molecule has 96 valence electrons. The second-order valence-corrected chi connectivity index (χ2v) is 4.40.